The first-order chi connectivity index (χ1) is 8.69. The fraction of sp³-hybridized carbons (Fsp3) is 0.154. The van der Waals surface area contributed by atoms with Crippen LogP contribution < -0.4 is 0 Å². The molecule has 1 heterocycles. The molecular weight excluding hydrogens is 248 g/mol. The zero-order chi connectivity index (χ0) is 13.0. The first-order valence-electron chi connectivity index (χ1n) is 5.33. The number of ether oxygens (including phenoxy) is 1. The Hall–Kier alpha value is -2.19. The lowest BCUT2D eigenvalue weighted by Crippen LogP contribution is -2.10. The van der Waals surface area contributed by atoms with E-state index in [1.165, 1.54) is 24.3 Å². The Labute approximate surface area is 108 Å². The molecule has 4 nitrogen and oxygen atoms in total. The van der Waals surface area contributed by atoms with Crippen molar-refractivity contribution in [3.05, 3.63) is 35.3 Å². The first kappa shape index (κ1) is 12.3. The van der Waals surface area contributed by atoms with Crippen LogP contribution in [0.4, 0.5) is 0 Å². The lowest BCUT2D eigenvalue weighted by molar-refractivity contribution is -0.139. The van der Waals surface area contributed by atoms with Crippen molar-refractivity contribution >= 4 is 33.6 Å². The highest BCUT2D eigenvalue weighted by atomic mass is 32.1. The molecule has 5 heteroatoms. The monoisotopic (exact) mass is 258 g/mol. The van der Waals surface area contributed by atoms with Gasteiger partial charge in [-0.25, -0.2) is 9.78 Å². The summed E-state index contributed by atoms with van der Waals surface area (Å²) in [7, 11) is 0. The van der Waals surface area contributed by atoms with E-state index in [2.05, 4.69) is 4.98 Å². The third-order valence-corrected chi connectivity index (χ3v) is 3.15. The van der Waals surface area contributed by atoms with Gasteiger partial charge >= 0.3 is 5.97 Å². The molecule has 0 unspecified atom stereocenters. The van der Waals surface area contributed by atoms with Gasteiger partial charge in [-0.05, 0) is 25.1 Å². The summed E-state index contributed by atoms with van der Waals surface area (Å²) in [5, 5.41) is 9.24. The summed E-state index contributed by atoms with van der Waals surface area (Å²) in [6, 6.07) is 9.57. The largest absolute Gasteiger partial charge is 0.444 e. The number of hydrogen-bond acceptors (Lipinski definition) is 5. The number of carbonyl (C=O) groups is 1. The second-order valence-corrected chi connectivity index (χ2v) is 4.62. The fourth-order valence-corrected chi connectivity index (χ4v) is 2.21. The van der Waals surface area contributed by atoms with Gasteiger partial charge in [0, 0.05) is 6.08 Å². The van der Waals surface area contributed by atoms with E-state index in [-0.39, 0.29) is 0 Å². The molecule has 0 saturated carbocycles. The zero-order valence-corrected chi connectivity index (χ0v) is 10.5. The molecule has 0 saturated heterocycles. The van der Waals surface area contributed by atoms with E-state index in [0.29, 0.717) is 0 Å². The lowest BCUT2D eigenvalue weighted by Gasteiger charge is -2.00. The Kier molecular flexibility index (Phi) is 3.70. The Morgan fingerprint density at radius 2 is 2.33 bits per heavy atom. The Balaban J connectivity index is 2.09. The average molecular weight is 258 g/mol. The third-order valence-electron chi connectivity index (χ3n) is 2.15. The van der Waals surface area contributed by atoms with E-state index in [1.54, 1.807) is 6.08 Å². The lowest BCUT2D eigenvalue weighted by atomic mass is 10.3. The molecule has 0 fully saturated rings. The van der Waals surface area contributed by atoms with E-state index >= 15 is 0 Å². The number of esters is 1. The van der Waals surface area contributed by atoms with Gasteiger partial charge in [0.05, 0.1) is 10.2 Å². The molecule has 0 bridgehead atoms. The van der Waals surface area contributed by atoms with Gasteiger partial charge in [-0.3, -0.25) is 0 Å². The number of benzene rings is 1. The van der Waals surface area contributed by atoms with Crippen LogP contribution in [0.1, 0.15) is 11.9 Å². The van der Waals surface area contributed by atoms with Crippen LogP contribution in [-0.4, -0.2) is 17.1 Å². The first-order valence-corrected chi connectivity index (χ1v) is 6.14. The predicted molar refractivity (Wildman–Crippen MR) is 69.8 cm³/mol. The summed E-state index contributed by atoms with van der Waals surface area (Å²) in [6.07, 6.45) is 2.14. The summed E-state index contributed by atoms with van der Waals surface area (Å²) in [6.45, 7) is 1.52. The number of aromatic nitrogens is 1. The number of carbonyl (C=O) groups excluding carboxylic acids is 1. The Bertz CT molecular complexity index is 607. The van der Waals surface area contributed by atoms with Gasteiger partial charge in [0.2, 0.25) is 0 Å². The third kappa shape index (κ3) is 2.93. The summed E-state index contributed by atoms with van der Waals surface area (Å²) in [5.41, 5.74) is 0.904. The van der Waals surface area contributed by atoms with Crippen molar-refractivity contribution in [1.29, 1.82) is 5.26 Å². The molecule has 0 aliphatic heterocycles. The van der Waals surface area contributed by atoms with Crippen LogP contribution in [0.25, 0.3) is 16.3 Å². The van der Waals surface area contributed by atoms with E-state index in [1.807, 2.05) is 30.3 Å². The van der Waals surface area contributed by atoms with Crippen molar-refractivity contribution in [2.75, 3.05) is 0 Å². The number of para-hydroxylation sites is 1. The van der Waals surface area contributed by atoms with Gasteiger partial charge < -0.3 is 4.74 Å². The van der Waals surface area contributed by atoms with Crippen LogP contribution >= 0.6 is 11.3 Å². The van der Waals surface area contributed by atoms with Gasteiger partial charge in [0.15, 0.2) is 6.10 Å². The molecule has 1 aromatic carbocycles. The minimum absolute atomic E-state index is 0.539. The maximum Gasteiger partial charge on any atom is 0.332 e. The van der Waals surface area contributed by atoms with Crippen molar-refractivity contribution in [2.24, 2.45) is 0 Å². The highest BCUT2D eigenvalue weighted by molar-refractivity contribution is 7.19. The smallest absolute Gasteiger partial charge is 0.332 e. The molecule has 1 atom stereocenters. The van der Waals surface area contributed by atoms with Crippen LogP contribution in [0.3, 0.4) is 0 Å². The van der Waals surface area contributed by atoms with Gasteiger partial charge in [0.1, 0.15) is 11.1 Å². The Morgan fingerprint density at radius 3 is 3.06 bits per heavy atom. The molecule has 0 amide bonds. The maximum absolute atomic E-state index is 11.3. The quantitative estimate of drug-likeness (QED) is 0.627. The summed E-state index contributed by atoms with van der Waals surface area (Å²) >= 11 is 1.49. The van der Waals surface area contributed by atoms with Gasteiger partial charge in [0.25, 0.3) is 0 Å². The summed E-state index contributed by atoms with van der Waals surface area (Å²) < 4.78 is 5.85. The predicted octanol–water partition coefficient (Wildman–Crippen LogP) is 2.76. The molecular formula is C13H10N2O2S. The number of hydrogen-bond donors (Lipinski definition) is 0. The van der Waals surface area contributed by atoms with E-state index in [9.17, 15) is 4.79 Å². The van der Waals surface area contributed by atoms with Crippen LogP contribution in [0.5, 0.6) is 0 Å². The van der Waals surface area contributed by atoms with Crippen LogP contribution in [0, 0.1) is 11.3 Å². The minimum atomic E-state index is -0.738. The number of fused-ring (bicyclic) bond motifs is 1. The van der Waals surface area contributed by atoms with E-state index in [4.69, 9.17) is 10.00 Å². The SMILES string of the molecule is C[C@H](C#N)OC(=O)/C=C/c1nc2ccccc2s1. The van der Waals surface area contributed by atoms with Gasteiger partial charge in [-0.2, -0.15) is 5.26 Å². The molecule has 0 spiro atoms. The highest BCUT2D eigenvalue weighted by Crippen LogP contribution is 2.22. The van der Waals surface area contributed by atoms with Gasteiger partial charge in [-0.15, -0.1) is 11.3 Å². The molecule has 2 aromatic rings. The van der Waals surface area contributed by atoms with Crippen LogP contribution in [-0.2, 0) is 9.53 Å². The standard InChI is InChI=1S/C13H10N2O2S/c1-9(8-14)17-13(16)7-6-12-15-10-4-2-3-5-11(10)18-12/h2-7,9H,1H3/b7-6+/t9-/m1/s1. The maximum atomic E-state index is 11.3. The average Bonchev–Trinajstić information content (AvgIpc) is 2.79. The number of nitriles is 1. The normalized spacial score (nSPS) is 12.4. The Morgan fingerprint density at radius 1 is 1.56 bits per heavy atom. The highest BCUT2D eigenvalue weighted by Gasteiger charge is 2.05. The number of rotatable bonds is 3. The molecule has 0 N–H and O–H groups in total. The minimum Gasteiger partial charge on any atom is -0.444 e. The van der Waals surface area contributed by atoms with Crippen molar-refractivity contribution in [2.45, 2.75) is 13.0 Å². The second kappa shape index (κ2) is 5.43. The van der Waals surface area contributed by atoms with E-state index in [0.717, 1.165) is 15.2 Å². The molecule has 18 heavy (non-hydrogen) atoms. The van der Waals surface area contributed by atoms with Crippen LogP contribution in [0.2, 0.25) is 0 Å². The number of thiazole rings is 1. The van der Waals surface area contributed by atoms with Gasteiger partial charge in [-0.1, -0.05) is 12.1 Å². The molecule has 2 rings (SSSR count). The number of nitrogens with zero attached hydrogens (tertiary/aromatic N) is 2. The molecule has 90 valence electrons. The molecule has 1 aromatic heterocycles. The molecule has 0 aliphatic carbocycles. The van der Waals surface area contributed by atoms with Crippen molar-refractivity contribution in [3.63, 3.8) is 0 Å². The summed E-state index contributed by atoms with van der Waals surface area (Å²) in [5.74, 6) is -0.539. The fourth-order valence-electron chi connectivity index (χ4n) is 1.34. The zero-order valence-electron chi connectivity index (χ0n) is 9.66. The van der Waals surface area contributed by atoms with E-state index < -0.39 is 12.1 Å². The van der Waals surface area contributed by atoms with Crippen molar-refractivity contribution in [3.8, 4) is 6.07 Å². The molecule has 0 aliphatic rings. The van der Waals surface area contributed by atoms with Crippen LogP contribution in [0.15, 0.2) is 30.3 Å². The summed E-state index contributed by atoms with van der Waals surface area (Å²) in [4.78, 5) is 15.7. The topological polar surface area (TPSA) is 63.0 Å². The molecule has 0 radical (unpaired) electrons. The second-order valence-electron chi connectivity index (χ2n) is 3.56. The van der Waals surface area contributed by atoms with Crippen molar-refractivity contribution in [1.82, 2.24) is 4.98 Å². The van der Waals surface area contributed by atoms with Crippen molar-refractivity contribution < 1.29 is 9.53 Å².